The number of carbonyl (C=O) groups is 1. The highest BCUT2D eigenvalue weighted by molar-refractivity contribution is 7.89. The zero-order chi connectivity index (χ0) is 16.2. The first kappa shape index (κ1) is 17.7. The highest BCUT2D eigenvalue weighted by Gasteiger charge is 2.17. The molecule has 1 rings (SSSR count). The van der Waals surface area contributed by atoms with Crippen molar-refractivity contribution in [3.05, 3.63) is 29.3 Å². The Kier molecular flexibility index (Phi) is 5.92. The topological polar surface area (TPSA) is 89.3 Å². The molecule has 0 heterocycles. The molecular weight excluding hydrogens is 288 g/mol. The molecule has 0 saturated heterocycles. The molecule has 118 valence electrons. The normalized spacial score (nSPS) is 13.2. The Morgan fingerprint density at radius 2 is 1.90 bits per heavy atom. The van der Waals surface area contributed by atoms with Gasteiger partial charge in [0.2, 0.25) is 10.0 Å². The van der Waals surface area contributed by atoms with Gasteiger partial charge in [0.05, 0.1) is 4.90 Å². The van der Waals surface area contributed by atoms with Gasteiger partial charge in [-0.05, 0) is 36.0 Å². The van der Waals surface area contributed by atoms with Crippen molar-refractivity contribution >= 4 is 15.9 Å². The van der Waals surface area contributed by atoms with Crippen molar-refractivity contribution in [3.8, 4) is 0 Å². The van der Waals surface area contributed by atoms with Crippen LogP contribution in [-0.4, -0.2) is 20.9 Å². The molecule has 1 aromatic carbocycles. The van der Waals surface area contributed by atoms with E-state index in [-0.39, 0.29) is 10.8 Å². The van der Waals surface area contributed by atoms with E-state index < -0.39 is 10.0 Å². The number of primary sulfonamides is 1. The largest absolute Gasteiger partial charge is 0.352 e. The quantitative estimate of drug-likeness (QED) is 0.841. The summed E-state index contributed by atoms with van der Waals surface area (Å²) in [6.45, 7) is 8.72. The zero-order valence-electron chi connectivity index (χ0n) is 13.0. The van der Waals surface area contributed by atoms with Crippen molar-refractivity contribution in [3.63, 3.8) is 0 Å². The van der Waals surface area contributed by atoms with Gasteiger partial charge in [0.1, 0.15) is 0 Å². The van der Waals surface area contributed by atoms with Gasteiger partial charge in [0, 0.05) is 12.1 Å². The van der Waals surface area contributed by atoms with Gasteiger partial charge in [-0.15, -0.1) is 0 Å². The van der Waals surface area contributed by atoms with Crippen molar-refractivity contribution in [1.82, 2.24) is 5.32 Å². The van der Waals surface area contributed by atoms with Crippen LogP contribution in [0.3, 0.4) is 0 Å². The van der Waals surface area contributed by atoms with Crippen LogP contribution in [0.4, 0.5) is 0 Å². The van der Waals surface area contributed by atoms with E-state index in [0.29, 0.717) is 30.4 Å². The molecule has 0 spiro atoms. The minimum absolute atomic E-state index is 0.0400. The predicted molar refractivity (Wildman–Crippen MR) is 83.5 cm³/mol. The Balaban J connectivity index is 3.02. The molecule has 1 amide bonds. The SMILES string of the molecule is CCc1ccc(S(N)(=O)=O)cc1C(=O)NCC(C)C(C)C. The highest BCUT2D eigenvalue weighted by Crippen LogP contribution is 2.16. The number of aryl methyl sites for hydroxylation is 1. The van der Waals surface area contributed by atoms with Crippen molar-refractivity contribution in [2.75, 3.05) is 6.54 Å². The summed E-state index contributed by atoms with van der Waals surface area (Å²) in [7, 11) is -3.81. The molecule has 1 atom stereocenters. The maximum atomic E-state index is 12.3. The van der Waals surface area contributed by atoms with Crippen LogP contribution < -0.4 is 10.5 Å². The Bertz CT molecular complexity index is 609. The van der Waals surface area contributed by atoms with Crippen LogP contribution in [0.15, 0.2) is 23.1 Å². The van der Waals surface area contributed by atoms with Gasteiger partial charge < -0.3 is 5.32 Å². The second kappa shape index (κ2) is 7.04. The Morgan fingerprint density at radius 1 is 1.29 bits per heavy atom. The molecule has 21 heavy (non-hydrogen) atoms. The lowest BCUT2D eigenvalue weighted by Gasteiger charge is -2.17. The fourth-order valence-electron chi connectivity index (χ4n) is 1.84. The maximum Gasteiger partial charge on any atom is 0.251 e. The van der Waals surface area contributed by atoms with E-state index in [1.165, 1.54) is 12.1 Å². The lowest BCUT2D eigenvalue weighted by atomic mass is 9.98. The molecule has 0 aliphatic rings. The lowest BCUT2D eigenvalue weighted by molar-refractivity contribution is 0.0944. The van der Waals surface area contributed by atoms with Gasteiger partial charge >= 0.3 is 0 Å². The van der Waals surface area contributed by atoms with Gasteiger partial charge in [0.25, 0.3) is 5.91 Å². The summed E-state index contributed by atoms with van der Waals surface area (Å²) >= 11 is 0. The molecule has 3 N–H and O–H groups in total. The molecule has 0 fully saturated rings. The number of nitrogens with two attached hydrogens (primary N) is 1. The molecule has 0 aromatic heterocycles. The standard InChI is InChI=1S/C15H24N2O3S/c1-5-12-6-7-13(21(16,19)20)8-14(12)15(18)17-9-11(4)10(2)3/h6-8,10-11H,5,9H2,1-4H3,(H,17,18)(H2,16,19,20). The number of hydrogen-bond acceptors (Lipinski definition) is 3. The first-order chi connectivity index (χ1) is 9.66. The fourth-order valence-corrected chi connectivity index (χ4v) is 2.38. The summed E-state index contributed by atoms with van der Waals surface area (Å²) in [5.74, 6) is 0.553. The summed E-state index contributed by atoms with van der Waals surface area (Å²) in [5.41, 5.74) is 1.18. The first-order valence-electron chi connectivity index (χ1n) is 7.10. The average Bonchev–Trinajstić information content (AvgIpc) is 2.42. The number of amides is 1. The Hall–Kier alpha value is -1.40. The Morgan fingerprint density at radius 3 is 2.38 bits per heavy atom. The Labute approximate surface area is 127 Å². The molecule has 0 aliphatic carbocycles. The monoisotopic (exact) mass is 312 g/mol. The second-order valence-electron chi connectivity index (χ2n) is 5.65. The van der Waals surface area contributed by atoms with E-state index in [1.807, 2.05) is 6.92 Å². The molecule has 1 aromatic rings. The summed E-state index contributed by atoms with van der Waals surface area (Å²) in [6, 6.07) is 4.42. The summed E-state index contributed by atoms with van der Waals surface area (Å²) in [5, 5.41) is 7.98. The van der Waals surface area contributed by atoms with Crippen LogP contribution in [0.25, 0.3) is 0 Å². The van der Waals surface area contributed by atoms with Gasteiger partial charge in [-0.2, -0.15) is 0 Å². The number of sulfonamides is 1. The molecule has 1 unspecified atom stereocenters. The fraction of sp³-hybridized carbons (Fsp3) is 0.533. The van der Waals surface area contributed by atoms with E-state index in [1.54, 1.807) is 6.07 Å². The average molecular weight is 312 g/mol. The van der Waals surface area contributed by atoms with E-state index in [4.69, 9.17) is 5.14 Å². The zero-order valence-corrected chi connectivity index (χ0v) is 13.8. The van der Waals surface area contributed by atoms with Gasteiger partial charge in [-0.25, -0.2) is 13.6 Å². The number of carbonyl (C=O) groups excluding carboxylic acids is 1. The van der Waals surface area contributed by atoms with Crippen molar-refractivity contribution in [1.29, 1.82) is 0 Å². The molecule has 0 saturated carbocycles. The minimum Gasteiger partial charge on any atom is -0.352 e. The number of hydrogen-bond donors (Lipinski definition) is 2. The number of rotatable bonds is 6. The lowest BCUT2D eigenvalue weighted by Crippen LogP contribution is -2.31. The van der Waals surface area contributed by atoms with Crippen LogP contribution in [-0.2, 0) is 16.4 Å². The molecule has 0 bridgehead atoms. The van der Waals surface area contributed by atoms with Crippen LogP contribution >= 0.6 is 0 Å². The third-order valence-electron chi connectivity index (χ3n) is 3.76. The summed E-state index contributed by atoms with van der Waals surface area (Å²) in [6.07, 6.45) is 0.646. The van der Waals surface area contributed by atoms with Gasteiger partial charge in [0.15, 0.2) is 0 Å². The number of nitrogens with one attached hydrogen (secondary N) is 1. The molecule has 5 nitrogen and oxygen atoms in total. The van der Waals surface area contributed by atoms with Crippen LogP contribution in [0.5, 0.6) is 0 Å². The van der Waals surface area contributed by atoms with Crippen LogP contribution in [0.1, 0.15) is 43.6 Å². The third-order valence-corrected chi connectivity index (χ3v) is 4.67. The van der Waals surface area contributed by atoms with Crippen LogP contribution in [0.2, 0.25) is 0 Å². The smallest absolute Gasteiger partial charge is 0.251 e. The van der Waals surface area contributed by atoms with E-state index in [0.717, 1.165) is 5.56 Å². The first-order valence-corrected chi connectivity index (χ1v) is 8.65. The van der Waals surface area contributed by atoms with Crippen molar-refractivity contribution < 1.29 is 13.2 Å². The van der Waals surface area contributed by atoms with E-state index in [9.17, 15) is 13.2 Å². The second-order valence-corrected chi connectivity index (χ2v) is 7.21. The van der Waals surface area contributed by atoms with Gasteiger partial charge in [-0.1, -0.05) is 33.8 Å². The number of benzene rings is 1. The molecule has 6 heteroatoms. The summed E-state index contributed by atoms with van der Waals surface area (Å²) < 4.78 is 22.8. The van der Waals surface area contributed by atoms with Gasteiger partial charge in [-0.3, -0.25) is 4.79 Å². The van der Waals surface area contributed by atoms with Crippen molar-refractivity contribution in [2.45, 2.75) is 39.0 Å². The molecule has 0 radical (unpaired) electrons. The molecule has 0 aliphatic heterocycles. The molecular formula is C15H24N2O3S. The van der Waals surface area contributed by atoms with E-state index >= 15 is 0 Å². The van der Waals surface area contributed by atoms with Crippen molar-refractivity contribution in [2.24, 2.45) is 17.0 Å². The predicted octanol–water partition coefficient (Wildman–Crippen LogP) is 1.92. The van der Waals surface area contributed by atoms with Crippen LogP contribution in [0, 0.1) is 11.8 Å². The highest BCUT2D eigenvalue weighted by atomic mass is 32.2. The third kappa shape index (κ3) is 4.82. The summed E-state index contributed by atoms with van der Waals surface area (Å²) in [4.78, 5) is 12.2. The maximum absolute atomic E-state index is 12.3. The van der Waals surface area contributed by atoms with E-state index in [2.05, 4.69) is 26.1 Å². The minimum atomic E-state index is -3.81.